The van der Waals surface area contributed by atoms with Crippen LogP contribution in [0.15, 0.2) is 102 Å². The molecule has 0 aliphatic carbocycles. The van der Waals surface area contributed by atoms with Gasteiger partial charge in [0.05, 0.1) is 30.0 Å². The average Bonchev–Trinajstić information content (AvgIpc) is 3.75. The lowest BCUT2D eigenvalue weighted by Crippen LogP contribution is -2.48. The number of rotatable bonds is 19. The van der Waals surface area contributed by atoms with E-state index in [9.17, 15) is 19.4 Å². The summed E-state index contributed by atoms with van der Waals surface area (Å²) >= 11 is 7.13. The average molecular weight is 1020 g/mol. The van der Waals surface area contributed by atoms with Gasteiger partial charge in [0.2, 0.25) is 26.0 Å². The van der Waals surface area contributed by atoms with E-state index in [0.717, 1.165) is 26.2 Å². The molecule has 0 radical (unpaired) electrons. The number of nitrogens with zero attached hydrogens (tertiary/aromatic N) is 6. The number of aliphatic hydroxyl groups is 1. The second-order valence-electron chi connectivity index (χ2n) is 19.4. The molecule has 378 valence electrons. The van der Waals surface area contributed by atoms with Gasteiger partial charge in [-0.1, -0.05) is 50.6 Å². The number of methoxy groups -OCH3 is 1. The predicted octanol–water partition coefficient (Wildman–Crippen LogP) is 10.1. The summed E-state index contributed by atoms with van der Waals surface area (Å²) in [5.41, 5.74) is 3.97. The van der Waals surface area contributed by atoms with Crippen molar-refractivity contribution in [1.29, 1.82) is 0 Å². The molecule has 18 heteroatoms. The van der Waals surface area contributed by atoms with Crippen molar-refractivity contribution in [2.75, 3.05) is 53.5 Å². The van der Waals surface area contributed by atoms with Gasteiger partial charge >= 0.3 is 5.97 Å². The highest BCUT2D eigenvalue weighted by Gasteiger charge is 2.39. The van der Waals surface area contributed by atoms with E-state index < -0.39 is 32.3 Å². The standard InChI is InChI=1S/C54H60ClFN6O9Si/c1-33-40(18-20-44(48(33)55)68-39(30-63)29-62-25-23-61(5)24-26-62)46-47-51(58-32-59-52(47)70-49(46)34-13-15-36(56)16-14-34)69-45(53(64)65)28-35-27-38(71-72(7,8)54(2,3)4)17-19-42(35)67-31-37-21-22-57-50(60-37)41-11-9-10-12-43(41)66-6/h9-22,27,32,39,45,63H,23-26,28-31H2,1-8H3,(H,64,65)/t39-,45?/m1/s1. The third kappa shape index (κ3) is 11.7. The van der Waals surface area contributed by atoms with Gasteiger partial charge in [-0.05, 0) is 110 Å². The molecule has 1 aliphatic rings. The van der Waals surface area contributed by atoms with E-state index in [1.807, 2.05) is 37.3 Å². The molecule has 8 rings (SSSR count). The Morgan fingerprint density at radius 2 is 1.65 bits per heavy atom. The molecule has 4 heterocycles. The van der Waals surface area contributed by atoms with Crippen LogP contribution in [0.5, 0.6) is 28.9 Å². The lowest BCUT2D eigenvalue weighted by Gasteiger charge is -2.36. The fourth-order valence-electron chi connectivity index (χ4n) is 8.18. The molecular formula is C54H60ClFN6O9Si. The number of furan rings is 1. The highest BCUT2D eigenvalue weighted by atomic mass is 35.5. The fraction of sp³-hybridized carbons (Fsp3) is 0.352. The van der Waals surface area contributed by atoms with E-state index in [1.54, 1.807) is 55.8 Å². The number of aliphatic carboxylic acids is 1. The van der Waals surface area contributed by atoms with Crippen LogP contribution in [0.3, 0.4) is 0 Å². The molecule has 3 aromatic heterocycles. The number of para-hydroxylation sites is 1. The summed E-state index contributed by atoms with van der Waals surface area (Å²) in [7, 11) is 1.32. The van der Waals surface area contributed by atoms with E-state index in [1.165, 1.54) is 18.5 Å². The number of carboxylic acids is 1. The van der Waals surface area contributed by atoms with Gasteiger partial charge in [-0.2, -0.15) is 0 Å². The third-order valence-corrected chi connectivity index (χ3v) is 18.1. The van der Waals surface area contributed by atoms with Gasteiger partial charge < -0.3 is 42.9 Å². The zero-order chi connectivity index (χ0) is 51.3. The van der Waals surface area contributed by atoms with Crippen LogP contribution in [-0.4, -0.2) is 120 Å². The van der Waals surface area contributed by atoms with Crippen LogP contribution < -0.4 is 23.4 Å². The molecule has 1 unspecified atom stereocenters. The number of ether oxygens (including phenoxy) is 4. The third-order valence-electron chi connectivity index (χ3n) is 13.3. The minimum Gasteiger partial charge on any atom is -0.543 e. The first-order valence-electron chi connectivity index (χ1n) is 23.7. The molecule has 0 amide bonds. The summed E-state index contributed by atoms with van der Waals surface area (Å²) in [4.78, 5) is 36.1. The Balaban J connectivity index is 1.15. The lowest BCUT2D eigenvalue weighted by molar-refractivity contribution is -0.145. The van der Waals surface area contributed by atoms with Gasteiger partial charge in [-0.25, -0.2) is 29.1 Å². The number of hydrogen-bond donors (Lipinski definition) is 2. The summed E-state index contributed by atoms with van der Waals surface area (Å²) in [6, 6.07) is 23.9. The number of likely N-dealkylation sites (N-methyl/N-ethyl adjacent to an activating group) is 1. The van der Waals surface area contributed by atoms with Gasteiger partial charge in [0, 0.05) is 62.0 Å². The molecule has 7 aromatic rings. The smallest absolute Gasteiger partial charge is 0.345 e. The van der Waals surface area contributed by atoms with Gasteiger partial charge in [0.25, 0.3) is 0 Å². The van der Waals surface area contributed by atoms with Crippen molar-refractivity contribution in [2.45, 2.75) is 71.1 Å². The van der Waals surface area contributed by atoms with Crippen LogP contribution >= 0.6 is 11.6 Å². The Labute approximate surface area is 424 Å². The normalized spacial score (nSPS) is 14.5. The molecular weight excluding hydrogens is 959 g/mol. The number of halogens is 2. The zero-order valence-corrected chi connectivity index (χ0v) is 43.5. The number of carboxylic acid groups (broad SMARTS) is 1. The van der Waals surface area contributed by atoms with Gasteiger partial charge in [-0.3, -0.25) is 4.90 Å². The van der Waals surface area contributed by atoms with Crippen molar-refractivity contribution in [2.24, 2.45) is 0 Å². The van der Waals surface area contributed by atoms with Crippen molar-refractivity contribution < 1.29 is 47.2 Å². The number of aromatic nitrogens is 4. The molecule has 2 N–H and O–H groups in total. The fourth-order valence-corrected chi connectivity index (χ4v) is 9.41. The summed E-state index contributed by atoms with van der Waals surface area (Å²) in [6.45, 7) is 16.4. The van der Waals surface area contributed by atoms with Crippen LogP contribution in [0, 0.1) is 12.7 Å². The topological polar surface area (TPSA) is 175 Å². The summed E-state index contributed by atoms with van der Waals surface area (Å²) in [5.74, 6) is 0.885. The van der Waals surface area contributed by atoms with Crippen molar-refractivity contribution in [3.63, 3.8) is 0 Å². The molecule has 0 bridgehead atoms. The minimum atomic E-state index is -2.35. The van der Waals surface area contributed by atoms with Crippen LogP contribution in [0.1, 0.15) is 37.6 Å². The molecule has 15 nitrogen and oxygen atoms in total. The van der Waals surface area contributed by atoms with Crippen LogP contribution in [0.25, 0.3) is 44.9 Å². The monoisotopic (exact) mass is 1020 g/mol. The number of hydrogen-bond acceptors (Lipinski definition) is 14. The molecule has 4 aromatic carbocycles. The van der Waals surface area contributed by atoms with Gasteiger partial charge in [0.1, 0.15) is 59.0 Å². The Morgan fingerprint density at radius 1 is 0.917 bits per heavy atom. The second-order valence-corrected chi connectivity index (χ2v) is 24.5. The number of piperazine rings is 1. The zero-order valence-electron chi connectivity index (χ0n) is 41.7. The maximum Gasteiger partial charge on any atom is 0.345 e. The van der Waals surface area contributed by atoms with E-state index in [4.69, 9.17) is 44.4 Å². The van der Waals surface area contributed by atoms with Crippen LogP contribution in [0.4, 0.5) is 4.39 Å². The molecule has 1 saturated heterocycles. The molecule has 1 aliphatic heterocycles. The van der Waals surface area contributed by atoms with E-state index >= 15 is 0 Å². The Bertz CT molecular complexity index is 3030. The minimum absolute atomic E-state index is 0.0262. The van der Waals surface area contributed by atoms with Crippen molar-refractivity contribution >= 4 is 37.0 Å². The van der Waals surface area contributed by atoms with Crippen LogP contribution in [0.2, 0.25) is 23.2 Å². The van der Waals surface area contributed by atoms with Crippen LogP contribution in [-0.2, 0) is 17.8 Å². The van der Waals surface area contributed by atoms with Gasteiger partial charge in [0.15, 0.2) is 5.82 Å². The molecule has 0 spiro atoms. The highest BCUT2D eigenvalue weighted by Crippen LogP contribution is 2.47. The Morgan fingerprint density at radius 3 is 2.36 bits per heavy atom. The van der Waals surface area contributed by atoms with Crippen molar-refractivity contribution in [1.82, 2.24) is 29.7 Å². The molecule has 72 heavy (non-hydrogen) atoms. The summed E-state index contributed by atoms with van der Waals surface area (Å²) in [5, 5.41) is 21.7. The quantitative estimate of drug-likeness (QED) is 0.0732. The Kier molecular flexibility index (Phi) is 15.8. The second kappa shape index (κ2) is 22.0. The van der Waals surface area contributed by atoms with E-state index in [0.29, 0.717) is 80.2 Å². The first-order valence-corrected chi connectivity index (χ1v) is 27.0. The molecule has 0 saturated carbocycles. The first-order chi connectivity index (χ1) is 34.4. The first kappa shape index (κ1) is 51.7. The maximum atomic E-state index is 14.4. The summed E-state index contributed by atoms with van der Waals surface area (Å²) in [6.07, 6.45) is 0.617. The summed E-state index contributed by atoms with van der Waals surface area (Å²) < 4.78 is 52.3. The number of aliphatic hydroxyl groups excluding tert-OH is 1. The largest absolute Gasteiger partial charge is 0.543 e. The predicted molar refractivity (Wildman–Crippen MR) is 276 cm³/mol. The number of carbonyl (C=O) groups is 1. The van der Waals surface area contributed by atoms with Crippen molar-refractivity contribution in [3.8, 4) is 62.7 Å². The number of fused-ring (bicyclic) bond motifs is 1. The van der Waals surface area contributed by atoms with Gasteiger partial charge in [-0.15, -0.1) is 0 Å². The van der Waals surface area contributed by atoms with Crippen molar-refractivity contribution in [3.05, 3.63) is 125 Å². The maximum absolute atomic E-state index is 14.4. The Hall–Kier alpha value is -6.63. The lowest BCUT2D eigenvalue weighted by atomic mass is 9.95. The SMILES string of the molecule is COc1ccccc1-c1nccc(COc2ccc(O[Si](C)(C)C(C)(C)C)cc2CC(Oc2ncnc3oc(-c4ccc(F)cc4)c(-c4ccc(O[C@@H](CO)CN5CCN(C)CC5)c(Cl)c4C)c23)C(=O)O)n1. The number of benzene rings is 4. The molecule has 2 atom stereocenters. The van der Waals surface area contributed by atoms with E-state index in [-0.39, 0.29) is 46.7 Å². The van der Waals surface area contributed by atoms with E-state index in [2.05, 4.69) is 65.7 Å². The molecule has 1 fully saturated rings. The highest BCUT2D eigenvalue weighted by molar-refractivity contribution is 6.74.